The Morgan fingerprint density at radius 3 is 2.92 bits per heavy atom. The molecule has 1 atom stereocenters. The zero-order valence-electron chi connectivity index (χ0n) is 14.0. The minimum Gasteiger partial charge on any atom is -0.383 e. The number of amides is 1. The van der Waals surface area contributed by atoms with Crippen molar-refractivity contribution >= 4 is 5.91 Å². The van der Waals surface area contributed by atoms with Gasteiger partial charge in [0.25, 0.3) is 5.91 Å². The van der Waals surface area contributed by atoms with Crippen LogP contribution in [0.3, 0.4) is 0 Å². The van der Waals surface area contributed by atoms with Gasteiger partial charge in [0.2, 0.25) is 0 Å². The number of carbonyl (C=O) groups is 1. The molecule has 5 nitrogen and oxygen atoms in total. The van der Waals surface area contributed by atoms with Crippen molar-refractivity contribution in [1.82, 2.24) is 15.1 Å². The van der Waals surface area contributed by atoms with Crippen molar-refractivity contribution in [3.05, 3.63) is 47.0 Å². The molecule has 1 heterocycles. The number of halogens is 1. The standard InChI is InChI=1S/C18H22FN3O2/c1-3-12(11-24-2)20-18(23)17-13-7-6-10-15(13)22(21-17)16-9-5-4-8-14(16)19/h4-5,8-9,12H,3,6-7,10-11H2,1-2H3,(H,20,23). The molecule has 24 heavy (non-hydrogen) atoms. The summed E-state index contributed by atoms with van der Waals surface area (Å²) in [4.78, 5) is 12.6. The van der Waals surface area contributed by atoms with Crippen molar-refractivity contribution in [2.75, 3.05) is 13.7 Å². The van der Waals surface area contributed by atoms with Gasteiger partial charge in [-0.15, -0.1) is 0 Å². The van der Waals surface area contributed by atoms with E-state index >= 15 is 0 Å². The maximum absolute atomic E-state index is 14.1. The second-order valence-electron chi connectivity index (χ2n) is 6.02. The lowest BCUT2D eigenvalue weighted by atomic mass is 10.1. The molecule has 0 fully saturated rings. The van der Waals surface area contributed by atoms with Gasteiger partial charge in [0.05, 0.1) is 12.6 Å². The molecule has 1 unspecified atom stereocenters. The third-order valence-corrected chi connectivity index (χ3v) is 4.42. The highest BCUT2D eigenvalue weighted by atomic mass is 19.1. The molecule has 1 aromatic carbocycles. The van der Waals surface area contributed by atoms with Crippen molar-refractivity contribution < 1.29 is 13.9 Å². The summed E-state index contributed by atoms with van der Waals surface area (Å²) in [7, 11) is 1.61. The first-order chi connectivity index (χ1) is 11.7. The number of nitrogens with zero attached hydrogens (tertiary/aromatic N) is 2. The molecular formula is C18H22FN3O2. The number of benzene rings is 1. The Morgan fingerprint density at radius 2 is 2.21 bits per heavy atom. The van der Waals surface area contributed by atoms with Crippen LogP contribution >= 0.6 is 0 Å². The van der Waals surface area contributed by atoms with Gasteiger partial charge in [0.15, 0.2) is 5.69 Å². The number of carbonyl (C=O) groups excluding carboxylic acids is 1. The van der Waals surface area contributed by atoms with Gasteiger partial charge in [-0.1, -0.05) is 19.1 Å². The maximum Gasteiger partial charge on any atom is 0.272 e. The number of hydrogen-bond acceptors (Lipinski definition) is 3. The second kappa shape index (κ2) is 7.13. The van der Waals surface area contributed by atoms with E-state index in [2.05, 4.69) is 10.4 Å². The molecule has 128 valence electrons. The van der Waals surface area contributed by atoms with Crippen LogP contribution in [-0.2, 0) is 17.6 Å². The Labute approximate surface area is 140 Å². The predicted molar refractivity (Wildman–Crippen MR) is 89.0 cm³/mol. The topological polar surface area (TPSA) is 56.1 Å². The van der Waals surface area contributed by atoms with Crippen LogP contribution < -0.4 is 5.32 Å². The lowest BCUT2D eigenvalue weighted by Crippen LogP contribution is -2.38. The molecule has 0 aliphatic heterocycles. The Hall–Kier alpha value is -2.21. The van der Waals surface area contributed by atoms with Gasteiger partial charge in [-0.05, 0) is 37.8 Å². The molecule has 1 aliphatic rings. The minimum atomic E-state index is -0.340. The molecule has 1 aromatic heterocycles. The molecule has 1 aliphatic carbocycles. The Morgan fingerprint density at radius 1 is 1.42 bits per heavy atom. The first kappa shape index (κ1) is 16.6. The molecule has 0 radical (unpaired) electrons. The molecule has 0 saturated carbocycles. The SMILES string of the molecule is CCC(COC)NC(=O)c1nn(-c2ccccc2F)c2c1CCC2. The van der Waals surface area contributed by atoms with Gasteiger partial charge < -0.3 is 10.1 Å². The summed E-state index contributed by atoms with van der Waals surface area (Å²) in [6, 6.07) is 6.45. The number of ether oxygens (including phenoxy) is 1. The van der Waals surface area contributed by atoms with Crippen LogP contribution in [0, 0.1) is 5.82 Å². The van der Waals surface area contributed by atoms with Crippen molar-refractivity contribution in [2.24, 2.45) is 0 Å². The minimum absolute atomic E-state index is 0.0573. The molecule has 0 spiro atoms. The average Bonchev–Trinajstić information content (AvgIpc) is 3.17. The van der Waals surface area contributed by atoms with Crippen molar-refractivity contribution in [3.63, 3.8) is 0 Å². The molecule has 6 heteroatoms. The Balaban J connectivity index is 1.94. The Bertz CT molecular complexity index is 742. The lowest BCUT2D eigenvalue weighted by molar-refractivity contribution is 0.0888. The van der Waals surface area contributed by atoms with Crippen LogP contribution in [0.1, 0.15) is 41.5 Å². The van der Waals surface area contributed by atoms with Gasteiger partial charge in [-0.2, -0.15) is 5.10 Å². The molecule has 0 bridgehead atoms. The van der Waals surface area contributed by atoms with Gasteiger partial charge in [-0.3, -0.25) is 4.79 Å². The Kier molecular flexibility index (Phi) is 4.94. The lowest BCUT2D eigenvalue weighted by Gasteiger charge is -2.15. The van der Waals surface area contributed by atoms with E-state index < -0.39 is 0 Å². The third-order valence-electron chi connectivity index (χ3n) is 4.42. The number of nitrogens with one attached hydrogen (secondary N) is 1. The average molecular weight is 331 g/mol. The summed E-state index contributed by atoms with van der Waals surface area (Å²) in [5.74, 6) is -0.556. The molecule has 2 aromatic rings. The van der Waals surface area contributed by atoms with Crippen LogP contribution in [0.25, 0.3) is 5.69 Å². The molecule has 1 N–H and O–H groups in total. The number of methoxy groups -OCH3 is 1. The number of para-hydroxylation sites is 1. The number of rotatable bonds is 6. The summed E-state index contributed by atoms with van der Waals surface area (Å²) in [5.41, 5.74) is 2.66. The van der Waals surface area contributed by atoms with E-state index in [-0.39, 0.29) is 17.8 Å². The third kappa shape index (κ3) is 3.06. The fourth-order valence-electron chi connectivity index (χ4n) is 3.16. The highest BCUT2D eigenvalue weighted by Gasteiger charge is 2.28. The summed E-state index contributed by atoms with van der Waals surface area (Å²) >= 11 is 0. The second-order valence-corrected chi connectivity index (χ2v) is 6.02. The molecular weight excluding hydrogens is 309 g/mol. The summed E-state index contributed by atoms with van der Waals surface area (Å²) in [5, 5.41) is 7.39. The number of hydrogen-bond donors (Lipinski definition) is 1. The van der Waals surface area contributed by atoms with Crippen molar-refractivity contribution in [1.29, 1.82) is 0 Å². The predicted octanol–water partition coefficient (Wildman–Crippen LogP) is 2.65. The van der Waals surface area contributed by atoms with Crippen LogP contribution in [-0.4, -0.2) is 35.4 Å². The monoisotopic (exact) mass is 331 g/mol. The van der Waals surface area contributed by atoms with Crippen LogP contribution in [0.2, 0.25) is 0 Å². The highest BCUT2D eigenvalue weighted by molar-refractivity contribution is 5.94. The van der Waals surface area contributed by atoms with Crippen molar-refractivity contribution in [3.8, 4) is 5.69 Å². The van der Waals surface area contributed by atoms with Crippen LogP contribution in [0.5, 0.6) is 0 Å². The van der Waals surface area contributed by atoms with E-state index in [0.29, 0.717) is 18.0 Å². The fraction of sp³-hybridized carbons (Fsp3) is 0.444. The van der Waals surface area contributed by atoms with E-state index in [9.17, 15) is 9.18 Å². The zero-order chi connectivity index (χ0) is 17.1. The summed E-state index contributed by atoms with van der Waals surface area (Å²) < 4.78 is 20.9. The first-order valence-corrected chi connectivity index (χ1v) is 8.31. The van der Waals surface area contributed by atoms with Gasteiger partial charge >= 0.3 is 0 Å². The highest BCUT2D eigenvalue weighted by Crippen LogP contribution is 2.28. The van der Waals surface area contributed by atoms with E-state index in [1.165, 1.54) is 6.07 Å². The summed E-state index contributed by atoms with van der Waals surface area (Å²) in [6.07, 6.45) is 3.33. The molecule has 3 rings (SSSR count). The van der Waals surface area contributed by atoms with Gasteiger partial charge in [0, 0.05) is 18.4 Å². The normalized spacial score (nSPS) is 14.5. The molecule has 1 amide bonds. The van der Waals surface area contributed by atoms with E-state index in [0.717, 1.165) is 36.9 Å². The van der Waals surface area contributed by atoms with Gasteiger partial charge in [-0.25, -0.2) is 9.07 Å². The quantitative estimate of drug-likeness (QED) is 0.885. The zero-order valence-corrected chi connectivity index (χ0v) is 14.0. The van der Waals surface area contributed by atoms with Crippen LogP contribution in [0.15, 0.2) is 24.3 Å². The fourth-order valence-corrected chi connectivity index (χ4v) is 3.16. The molecule has 0 saturated heterocycles. The van der Waals surface area contributed by atoms with Crippen molar-refractivity contribution in [2.45, 2.75) is 38.6 Å². The maximum atomic E-state index is 14.1. The largest absolute Gasteiger partial charge is 0.383 e. The van der Waals surface area contributed by atoms with Gasteiger partial charge in [0.1, 0.15) is 11.5 Å². The number of fused-ring (bicyclic) bond motifs is 1. The van der Waals surface area contributed by atoms with E-state index in [4.69, 9.17) is 4.74 Å². The number of aromatic nitrogens is 2. The first-order valence-electron chi connectivity index (χ1n) is 8.31. The smallest absolute Gasteiger partial charge is 0.272 e. The van der Waals surface area contributed by atoms with Crippen LogP contribution in [0.4, 0.5) is 4.39 Å². The summed E-state index contributed by atoms with van der Waals surface area (Å²) in [6.45, 7) is 2.45. The van der Waals surface area contributed by atoms with E-state index in [1.54, 1.807) is 30.0 Å². The van der Waals surface area contributed by atoms with E-state index in [1.807, 2.05) is 6.92 Å².